The Bertz CT molecular complexity index is 1130. The van der Waals surface area contributed by atoms with E-state index in [-0.39, 0.29) is 11.7 Å². The highest BCUT2D eigenvalue weighted by atomic mass is 16.5. The number of ether oxygens (including phenoxy) is 3. The number of hydrogen-bond acceptors (Lipinski definition) is 7. The maximum absolute atomic E-state index is 13.5. The summed E-state index contributed by atoms with van der Waals surface area (Å²) in [6.45, 7) is 1.85. The standard InChI is InChI=1S/C25H27N3O5/c1-14-21(25(30)28-20-10-5-6-11-26-20)22(23-16(27-14)8-7-9-17(23)29)15-12-18(31-2)24(33-4)19(13-15)32-3/h5-6,10-13,22,27H,7-9H2,1-4H3,(H,26,28,30). The van der Waals surface area contributed by atoms with Gasteiger partial charge >= 0.3 is 0 Å². The van der Waals surface area contributed by atoms with E-state index in [1.54, 1.807) is 36.5 Å². The van der Waals surface area contributed by atoms with Crippen molar-refractivity contribution < 1.29 is 23.8 Å². The topological polar surface area (TPSA) is 98.8 Å². The van der Waals surface area contributed by atoms with Crippen LogP contribution >= 0.6 is 0 Å². The first-order valence-electron chi connectivity index (χ1n) is 10.7. The number of dihydropyridines is 1. The molecule has 0 fully saturated rings. The monoisotopic (exact) mass is 449 g/mol. The molecule has 4 rings (SSSR count). The second-order valence-corrected chi connectivity index (χ2v) is 7.89. The molecule has 2 N–H and O–H groups in total. The van der Waals surface area contributed by atoms with Gasteiger partial charge in [-0.25, -0.2) is 4.98 Å². The minimum absolute atomic E-state index is 0.0261. The minimum atomic E-state index is -0.591. The van der Waals surface area contributed by atoms with Gasteiger partial charge < -0.3 is 24.8 Å². The van der Waals surface area contributed by atoms with Crippen molar-refractivity contribution in [3.63, 3.8) is 0 Å². The van der Waals surface area contributed by atoms with Crippen LogP contribution in [0.15, 0.2) is 59.1 Å². The van der Waals surface area contributed by atoms with E-state index in [1.807, 2.05) is 6.92 Å². The second-order valence-electron chi connectivity index (χ2n) is 7.89. The second kappa shape index (κ2) is 9.36. The molecule has 1 aromatic carbocycles. The molecule has 8 heteroatoms. The third-order valence-corrected chi connectivity index (χ3v) is 5.95. The molecule has 0 spiro atoms. The Labute approximate surface area is 192 Å². The van der Waals surface area contributed by atoms with Crippen molar-refractivity contribution in [2.75, 3.05) is 26.6 Å². The fourth-order valence-corrected chi connectivity index (χ4v) is 4.51. The van der Waals surface area contributed by atoms with Crippen molar-refractivity contribution >= 4 is 17.5 Å². The van der Waals surface area contributed by atoms with E-state index in [1.165, 1.54) is 21.3 Å². The summed E-state index contributed by atoms with van der Waals surface area (Å²) in [4.78, 5) is 30.8. The highest BCUT2D eigenvalue weighted by molar-refractivity contribution is 6.09. The highest BCUT2D eigenvalue weighted by Crippen LogP contribution is 2.47. The van der Waals surface area contributed by atoms with Crippen LogP contribution in [0, 0.1) is 0 Å². The molecular formula is C25H27N3O5. The highest BCUT2D eigenvalue weighted by Gasteiger charge is 2.39. The van der Waals surface area contributed by atoms with Gasteiger partial charge in [0, 0.05) is 41.1 Å². The minimum Gasteiger partial charge on any atom is -0.493 e. The molecule has 0 saturated heterocycles. The normalized spacial score (nSPS) is 17.8. The summed E-state index contributed by atoms with van der Waals surface area (Å²) >= 11 is 0. The molecule has 1 aromatic heterocycles. The van der Waals surface area contributed by atoms with Gasteiger partial charge in [-0.2, -0.15) is 0 Å². The van der Waals surface area contributed by atoms with Gasteiger partial charge in [-0.3, -0.25) is 9.59 Å². The lowest BCUT2D eigenvalue weighted by molar-refractivity contribution is -0.116. The largest absolute Gasteiger partial charge is 0.493 e. The number of nitrogens with one attached hydrogen (secondary N) is 2. The zero-order chi connectivity index (χ0) is 23.5. The van der Waals surface area contributed by atoms with Gasteiger partial charge in [-0.1, -0.05) is 6.07 Å². The Kier molecular flexibility index (Phi) is 6.35. The Morgan fingerprint density at radius 2 is 1.82 bits per heavy atom. The number of pyridine rings is 1. The Balaban J connectivity index is 1.88. The average molecular weight is 450 g/mol. The Morgan fingerprint density at radius 3 is 2.42 bits per heavy atom. The van der Waals surface area contributed by atoms with Crippen LogP contribution in [0.5, 0.6) is 17.2 Å². The van der Waals surface area contributed by atoms with E-state index in [0.29, 0.717) is 51.9 Å². The molecule has 1 unspecified atom stereocenters. The fraction of sp³-hybridized carbons (Fsp3) is 0.320. The molecule has 0 saturated carbocycles. The molecule has 1 atom stereocenters. The molecule has 2 aliphatic rings. The van der Waals surface area contributed by atoms with Crippen molar-refractivity contribution in [3.05, 3.63) is 64.6 Å². The van der Waals surface area contributed by atoms with E-state index in [4.69, 9.17) is 14.2 Å². The smallest absolute Gasteiger partial charge is 0.255 e. The van der Waals surface area contributed by atoms with Crippen LogP contribution < -0.4 is 24.8 Å². The van der Waals surface area contributed by atoms with Crippen molar-refractivity contribution in [3.8, 4) is 17.2 Å². The predicted octanol–water partition coefficient (Wildman–Crippen LogP) is 3.71. The predicted molar refractivity (Wildman–Crippen MR) is 123 cm³/mol. The molecule has 0 bridgehead atoms. The maximum atomic E-state index is 13.5. The summed E-state index contributed by atoms with van der Waals surface area (Å²) in [5, 5.41) is 6.18. The van der Waals surface area contributed by atoms with Crippen LogP contribution in [0.3, 0.4) is 0 Å². The number of Topliss-reactive ketones (excluding diaryl/α,β-unsaturated/α-hetero) is 1. The number of benzene rings is 1. The zero-order valence-corrected chi connectivity index (χ0v) is 19.2. The van der Waals surface area contributed by atoms with Crippen LogP contribution in [-0.2, 0) is 9.59 Å². The van der Waals surface area contributed by atoms with Crippen molar-refractivity contribution in [2.24, 2.45) is 0 Å². The lowest BCUT2D eigenvalue weighted by Gasteiger charge is -2.34. The first kappa shape index (κ1) is 22.4. The number of allylic oxidation sites excluding steroid dienone is 3. The van der Waals surface area contributed by atoms with Gasteiger partial charge in [0.2, 0.25) is 5.75 Å². The molecule has 8 nitrogen and oxygen atoms in total. The molecular weight excluding hydrogens is 422 g/mol. The molecule has 172 valence electrons. The maximum Gasteiger partial charge on any atom is 0.255 e. The number of rotatable bonds is 6. The quantitative estimate of drug-likeness (QED) is 0.694. The number of aromatic nitrogens is 1. The van der Waals surface area contributed by atoms with Crippen molar-refractivity contribution in [1.29, 1.82) is 0 Å². The SMILES string of the molecule is COc1cc(C2C(C(=O)Nc3ccccn3)=C(C)NC3=C2C(=O)CCC3)cc(OC)c1OC. The van der Waals surface area contributed by atoms with Crippen molar-refractivity contribution in [2.45, 2.75) is 32.1 Å². The molecule has 0 radical (unpaired) electrons. The summed E-state index contributed by atoms with van der Waals surface area (Å²) in [5.41, 5.74) is 3.31. The van der Waals surface area contributed by atoms with Crippen LogP contribution in [0.4, 0.5) is 5.82 Å². The summed E-state index contributed by atoms with van der Waals surface area (Å²) in [6, 6.07) is 8.88. The Hall–Kier alpha value is -3.81. The zero-order valence-electron chi connectivity index (χ0n) is 19.2. The van der Waals surface area contributed by atoms with Crippen molar-refractivity contribution in [1.82, 2.24) is 10.3 Å². The number of carbonyl (C=O) groups is 2. The van der Waals surface area contributed by atoms with Gasteiger partial charge in [-0.15, -0.1) is 0 Å². The number of amides is 1. The van der Waals surface area contributed by atoms with E-state index >= 15 is 0 Å². The van der Waals surface area contributed by atoms with E-state index < -0.39 is 5.92 Å². The van der Waals surface area contributed by atoms with Crippen LogP contribution in [0.25, 0.3) is 0 Å². The van der Waals surface area contributed by atoms with Crippen LogP contribution in [0.1, 0.15) is 37.7 Å². The summed E-state index contributed by atoms with van der Waals surface area (Å²) in [6.07, 6.45) is 3.57. The number of hydrogen-bond donors (Lipinski definition) is 2. The van der Waals surface area contributed by atoms with Gasteiger partial charge in [0.15, 0.2) is 17.3 Å². The molecule has 2 aromatic rings. The van der Waals surface area contributed by atoms with Gasteiger partial charge in [0.05, 0.1) is 21.3 Å². The summed E-state index contributed by atoms with van der Waals surface area (Å²) < 4.78 is 16.5. The fourth-order valence-electron chi connectivity index (χ4n) is 4.51. The van der Waals surface area contributed by atoms with Gasteiger partial charge in [0.25, 0.3) is 5.91 Å². The van der Waals surface area contributed by atoms with E-state index in [2.05, 4.69) is 15.6 Å². The third kappa shape index (κ3) is 4.16. The molecule has 1 amide bonds. The number of carbonyl (C=O) groups excluding carboxylic acids is 2. The lowest BCUT2D eigenvalue weighted by Crippen LogP contribution is -2.35. The van der Waals surface area contributed by atoms with Crippen LogP contribution in [-0.4, -0.2) is 38.0 Å². The molecule has 1 aliphatic heterocycles. The molecule has 2 heterocycles. The van der Waals surface area contributed by atoms with Crippen LogP contribution in [0.2, 0.25) is 0 Å². The molecule has 33 heavy (non-hydrogen) atoms. The third-order valence-electron chi connectivity index (χ3n) is 5.95. The van der Waals surface area contributed by atoms with Gasteiger partial charge in [-0.05, 0) is 49.6 Å². The average Bonchev–Trinajstić information content (AvgIpc) is 2.82. The summed E-state index contributed by atoms with van der Waals surface area (Å²) in [7, 11) is 4.61. The first-order valence-corrected chi connectivity index (χ1v) is 10.7. The lowest BCUT2D eigenvalue weighted by atomic mass is 9.75. The number of nitrogens with zero attached hydrogens (tertiary/aromatic N) is 1. The number of methoxy groups -OCH3 is 3. The first-order chi connectivity index (χ1) is 16.0. The van der Waals surface area contributed by atoms with E-state index in [9.17, 15) is 9.59 Å². The number of ketones is 1. The molecule has 1 aliphatic carbocycles. The number of anilines is 1. The summed E-state index contributed by atoms with van der Waals surface area (Å²) in [5.74, 6) is 0.895. The van der Waals surface area contributed by atoms with E-state index in [0.717, 1.165) is 18.5 Å². The Morgan fingerprint density at radius 1 is 1.09 bits per heavy atom. The van der Waals surface area contributed by atoms with Gasteiger partial charge in [0.1, 0.15) is 5.82 Å².